The fourth-order valence-electron chi connectivity index (χ4n) is 10.7. The van der Waals surface area contributed by atoms with Crippen molar-refractivity contribution in [2.24, 2.45) is 56.2 Å². The number of hydrogen-bond acceptors (Lipinski definition) is 3. The van der Waals surface area contributed by atoms with E-state index in [-0.39, 0.29) is 77.7 Å². The van der Waals surface area contributed by atoms with Crippen molar-refractivity contribution in [3.8, 4) is 0 Å². The van der Waals surface area contributed by atoms with Crippen molar-refractivity contribution in [3.05, 3.63) is 11.6 Å². The first-order valence-electron chi connectivity index (χ1n) is 14.0. The van der Waals surface area contributed by atoms with Crippen molar-refractivity contribution in [1.82, 2.24) is 0 Å². The zero-order valence-corrected chi connectivity index (χ0v) is 26.1. The fourth-order valence-corrected chi connectivity index (χ4v) is 10.7. The average molecular weight is 557 g/mol. The number of carbonyl (C=O) groups excluding carboxylic acids is 2. The van der Waals surface area contributed by atoms with Gasteiger partial charge in [0.05, 0.1) is 0 Å². The van der Waals surface area contributed by atoms with Crippen LogP contribution in [0.1, 0.15) is 106 Å². The molecule has 0 amide bonds. The number of aliphatic hydroxyl groups excluding tert-OH is 1. The fraction of sp³-hybridized carbons (Fsp3) is 0.871. The summed E-state index contributed by atoms with van der Waals surface area (Å²) in [6, 6.07) is 0. The third-order valence-corrected chi connectivity index (χ3v) is 13.3. The SMILES string of the molecule is CC1(C)[C@@H](CO)CC[C@]2(C)[C@H]3C(=O)C=C4[C@@H]5C[C@@](C)([C-]=O)CC[C@]5(C)CC[C@@]4(C)[C@]3(C)CC[C@@H]12.[Y]. The average Bonchev–Trinajstić information content (AvgIpc) is 2.76. The van der Waals surface area contributed by atoms with Crippen LogP contribution in [0.2, 0.25) is 0 Å². The maximum atomic E-state index is 14.3. The molecule has 0 saturated heterocycles. The number of ketones is 1. The van der Waals surface area contributed by atoms with E-state index in [1.165, 1.54) is 12.0 Å². The number of hydrogen-bond donors (Lipinski definition) is 1. The van der Waals surface area contributed by atoms with Crippen LogP contribution < -0.4 is 0 Å². The summed E-state index contributed by atoms with van der Waals surface area (Å²) >= 11 is 0. The van der Waals surface area contributed by atoms with E-state index in [4.69, 9.17) is 0 Å². The Balaban J connectivity index is 0.00000289. The van der Waals surface area contributed by atoms with E-state index >= 15 is 0 Å². The van der Waals surface area contributed by atoms with Crippen LogP contribution in [-0.2, 0) is 42.3 Å². The van der Waals surface area contributed by atoms with Crippen molar-refractivity contribution in [1.29, 1.82) is 0 Å². The van der Waals surface area contributed by atoms with Gasteiger partial charge in [-0.15, -0.1) is 5.41 Å². The molecule has 1 radical (unpaired) electrons. The summed E-state index contributed by atoms with van der Waals surface area (Å²) in [5, 5.41) is 10.1. The quantitative estimate of drug-likeness (QED) is 0.386. The van der Waals surface area contributed by atoms with Gasteiger partial charge < -0.3 is 9.90 Å². The molecule has 5 aliphatic carbocycles. The molecular weight excluding hydrogens is 509 g/mol. The second kappa shape index (κ2) is 8.57. The second-order valence-electron chi connectivity index (χ2n) is 15.1. The van der Waals surface area contributed by atoms with E-state index < -0.39 is 0 Å². The van der Waals surface area contributed by atoms with Gasteiger partial charge in [-0.3, -0.25) is 11.1 Å². The Bertz CT molecular complexity index is 940. The summed E-state index contributed by atoms with van der Waals surface area (Å²) in [7, 11) is 0. The van der Waals surface area contributed by atoms with Crippen LogP contribution in [0, 0.1) is 56.2 Å². The van der Waals surface area contributed by atoms with E-state index in [2.05, 4.69) is 60.8 Å². The van der Waals surface area contributed by atoms with E-state index in [1.54, 1.807) is 0 Å². The van der Waals surface area contributed by atoms with Gasteiger partial charge in [0.2, 0.25) is 0 Å². The third kappa shape index (κ3) is 3.59. The van der Waals surface area contributed by atoms with E-state index in [0.717, 1.165) is 51.4 Å². The number of fused-ring (bicyclic) bond motifs is 7. The van der Waals surface area contributed by atoms with Crippen molar-refractivity contribution >= 4 is 12.1 Å². The van der Waals surface area contributed by atoms with Crippen molar-refractivity contribution in [2.45, 2.75) is 106 Å². The summed E-state index contributed by atoms with van der Waals surface area (Å²) in [4.78, 5) is 26.2. The molecule has 0 aromatic carbocycles. The standard InChI is InChI=1S/C31H47O3.Y/c1-26(2)20(18-32)8-10-29(5)24(26)9-11-31(7)25(29)23(34)16-21-22-17-27(3,19-33)12-13-28(22,4)14-15-30(21,31)6;/h16,20,22,24-25,32H,8-15,17-18H2,1-7H3;/q-1;/t20-,22+,24+,25-,27+,28-,29+,30-,31-;/m1./s1. The molecule has 0 spiro atoms. The molecule has 5 rings (SSSR count). The van der Waals surface area contributed by atoms with Gasteiger partial charge in [0.15, 0.2) is 5.78 Å². The summed E-state index contributed by atoms with van der Waals surface area (Å²) < 4.78 is 0. The summed E-state index contributed by atoms with van der Waals surface area (Å²) in [6.45, 7) is 16.8. The third-order valence-electron chi connectivity index (χ3n) is 13.3. The molecule has 4 saturated carbocycles. The molecule has 0 unspecified atom stereocenters. The second-order valence-corrected chi connectivity index (χ2v) is 15.1. The van der Waals surface area contributed by atoms with E-state index in [1.807, 2.05) is 0 Å². The van der Waals surface area contributed by atoms with Gasteiger partial charge in [-0.25, -0.2) is 0 Å². The number of carbonyl (C=O) groups is 1. The maximum Gasteiger partial charge on any atom is 0.159 e. The molecule has 9 atom stereocenters. The number of allylic oxidation sites excluding steroid dienone is 2. The smallest absolute Gasteiger partial charge is 0.159 e. The predicted octanol–water partition coefficient (Wildman–Crippen LogP) is 6.68. The van der Waals surface area contributed by atoms with Crippen LogP contribution in [0.25, 0.3) is 0 Å². The summed E-state index contributed by atoms with van der Waals surface area (Å²) in [5.41, 5.74) is 1.14. The molecule has 3 nitrogen and oxygen atoms in total. The van der Waals surface area contributed by atoms with Gasteiger partial charge >= 0.3 is 0 Å². The molecule has 0 aromatic rings. The normalized spacial score (nSPS) is 52.6. The molecule has 0 bridgehead atoms. The Morgan fingerprint density at radius 3 is 2.23 bits per heavy atom. The van der Waals surface area contributed by atoms with Gasteiger partial charge in [-0.2, -0.15) is 0 Å². The predicted molar refractivity (Wildman–Crippen MR) is 136 cm³/mol. The Labute approximate surface area is 238 Å². The van der Waals surface area contributed by atoms with Crippen molar-refractivity contribution < 1.29 is 47.4 Å². The van der Waals surface area contributed by atoms with Crippen LogP contribution in [-0.4, -0.2) is 23.8 Å². The Morgan fingerprint density at radius 2 is 1.60 bits per heavy atom. The molecule has 35 heavy (non-hydrogen) atoms. The van der Waals surface area contributed by atoms with Crippen LogP contribution in [0.15, 0.2) is 11.6 Å². The molecular formula is C31H47O3Y-. The maximum absolute atomic E-state index is 14.3. The van der Waals surface area contributed by atoms with E-state index in [9.17, 15) is 14.7 Å². The topological polar surface area (TPSA) is 54.4 Å². The minimum atomic E-state index is -0.388. The zero-order valence-electron chi connectivity index (χ0n) is 23.3. The minimum absolute atomic E-state index is 0. The van der Waals surface area contributed by atoms with Gasteiger partial charge in [0.25, 0.3) is 0 Å². The van der Waals surface area contributed by atoms with Crippen LogP contribution >= 0.6 is 0 Å². The largest absolute Gasteiger partial charge is 0.541 e. The summed E-state index contributed by atoms with van der Waals surface area (Å²) in [5.74, 6) is 1.49. The van der Waals surface area contributed by atoms with Crippen LogP contribution in [0.5, 0.6) is 0 Å². The molecule has 0 heterocycles. The first-order chi connectivity index (χ1) is 15.7. The summed E-state index contributed by atoms with van der Waals surface area (Å²) in [6.07, 6.45) is 13.9. The molecule has 0 aromatic heterocycles. The minimum Gasteiger partial charge on any atom is -0.541 e. The zero-order chi connectivity index (χ0) is 24.9. The number of rotatable bonds is 2. The van der Waals surface area contributed by atoms with Gasteiger partial charge in [0.1, 0.15) is 0 Å². The Kier molecular flexibility index (Phi) is 6.90. The first kappa shape index (κ1) is 28.2. The Hall–Kier alpha value is 0.144. The van der Waals surface area contributed by atoms with Gasteiger partial charge in [-0.1, -0.05) is 66.9 Å². The number of aliphatic hydroxyl groups is 1. The van der Waals surface area contributed by atoms with Crippen molar-refractivity contribution in [2.75, 3.05) is 6.61 Å². The van der Waals surface area contributed by atoms with Crippen LogP contribution in [0.3, 0.4) is 0 Å². The molecule has 5 aliphatic rings. The monoisotopic (exact) mass is 556 g/mol. The van der Waals surface area contributed by atoms with E-state index in [0.29, 0.717) is 23.5 Å². The van der Waals surface area contributed by atoms with Crippen LogP contribution in [0.4, 0.5) is 0 Å². The van der Waals surface area contributed by atoms with Gasteiger partial charge in [-0.05, 0) is 95.9 Å². The molecule has 193 valence electrons. The molecule has 1 N–H and O–H groups in total. The molecule has 4 fully saturated rings. The Morgan fingerprint density at radius 1 is 0.943 bits per heavy atom. The van der Waals surface area contributed by atoms with Crippen molar-refractivity contribution in [3.63, 3.8) is 0 Å². The van der Waals surface area contributed by atoms with Gasteiger partial charge in [0, 0.05) is 45.2 Å². The first-order valence-corrected chi connectivity index (χ1v) is 14.0. The molecule has 4 heteroatoms. The molecule has 0 aliphatic heterocycles.